The summed E-state index contributed by atoms with van der Waals surface area (Å²) in [6, 6.07) is 1.26. The molecule has 17 heavy (non-hydrogen) atoms. The highest BCUT2D eigenvalue weighted by atomic mass is 28.4. The summed E-state index contributed by atoms with van der Waals surface area (Å²) < 4.78 is 5.43. The molecule has 0 heterocycles. The molecule has 2 nitrogen and oxygen atoms in total. The van der Waals surface area contributed by atoms with Gasteiger partial charge in [0.15, 0.2) is 0 Å². The van der Waals surface area contributed by atoms with Gasteiger partial charge in [0.05, 0.1) is 0 Å². The van der Waals surface area contributed by atoms with Crippen molar-refractivity contribution in [2.24, 2.45) is 0 Å². The molecule has 0 spiro atoms. The van der Waals surface area contributed by atoms with Gasteiger partial charge in [0, 0.05) is 23.2 Å². The van der Waals surface area contributed by atoms with Gasteiger partial charge in [0.1, 0.15) is 5.60 Å². The fraction of sp³-hybridized carbons (Fsp3) is 0.769. The molecule has 100 valence electrons. The van der Waals surface area contributed by atoms with Gasteiger partial charge in [0.2, 0.25) is 0 Å². The Morgan fingerprint density at radius 1 is 1.35 bits per heavy atom. The molecule has 0 rings (SSSR count). The minimum Gasteiger partial charge on any atom is -0.456 e. The van der Waals surface area contributed by atoms with Gasteiger partial charge in [-0.2, -0.15) is 0 Å². The Hall–Kier alpha value is -0.356. The molecule has 0 saturated heterocycles. The highest BCUT2D eigenvalue weighted by molar-refractivity contribution is 6.83. The lowest BCUT2D eigenvalue weighted by atomic mass is 10.1. The minimum absolute atomic E-state index is 0.0220. The first-order chi connectivity index (χ1) is 7.53. The molecule has 0 aromatic heterocycles. The van der Waals surface area contributed by atoms with Gasteiger partial charge in [0.25, 0.3) is 0 Å². The Labute approximate surface area is 110 Å². The first-order valence-corrected chi connectivity index (χ1v) is 12.1. The third-order valence-electron chi connectivity index (χ3n) is 2.67. The van der Waals surface area contributed by atoms with Crippen molar-refractivity contribution < 1.29 is 9.53 Å². The molecule has 0 radical (unpaired) electrons. The monoisotopic (exact) mass is 272 g/mol. The van der Waals surface area contributed by atoms with E-state index in [-0.39, 0.29) is 21.1 Å². The van der Waals surface area contributed by atoms with E-state index in [0.717, 1.165) is 6.42 Å². The summed E-state index contributed by atoms with van der Waals surface area (Å²) in [5, 5.41) is 0. The number of rotatable bonds is 7. The molecule has 0 aliphatic carbocycles. The summed E-state index contributed by atoms with van der Waals surface area (Å²) in [4.78, 5) is 11.4. The fourth-order valence-electron chi connectivity index (χ4n) is 1.60. The third kappa shape index (κ3) is 9.35. The second-order valence-corrected chi connectivity index (χ2v) is 15.2. The molecule has 0 aromatic rings. The van der Waals surface area contributed by atoms with Crippen LogP contribution >= 0.6 is 0 Å². The minimum atomic E-state index is -0.864. The lowest BCUT2D eigenvalue weighted by molar-refractivity contribution is -0.151. The van der Waals surface area contributed by atoms with E-state index in [4.69, 9.17) is 4.74 Å². The number of ether oxygens (including phenoxy) is 1. The molecule has 0 saturated carbocycles. The van der Waals surface area contributed by atoms with Gasteiger partial charge in [-0.15, -0.1) is 0 Å². The van der Waals surface area contributed by atoms with E-state index in [1.54, 1.807) is 6.92 Å². The van der Waals surface area contributed by atoms with Crippen molar-refractivity contribution in [1.29, 1.82) is 0 Å². The SMILES string of the molecule is C=C(C)C(=O)OC(C)(C)CC[SiH2]C[Si](C)(C)C. The van der Waals surface area contributed by atoms with E-state index >= 15 is 0 Å². The van der Waals surface area contributed by atoms with E-state index in [0.29, 0.717) is 5.57 Å². The molecule has 0 atom stereocenters. The number of hydrogen-bond donors (Lipinski definition) is 0. The summed E-state index contributed by atoms with van der Waals surface area (Å²) in [6.45, 7) is 16.6. The molecule has 0 aliphatic heterocycles. The predicted molar refractivity (Wildman–Crippen MR) is 81.1 cm³/mol. The number of esters is 1. The van der Waals surface area contributed by atoms with Crippen LogP contribution in [0.2, 0.25) is 31.4 Å². The van der Waals surface area contributed by atoms with Crippen LogP contribution in [-0.2, 0) is 9.53 Å². The summed E-state index contributed by atoms with van der Waals surface area (Å²) in [7, 11) is -0.842. The maximum absolute atomic E-state index is 11.4. The topological polar surface area (TPSA) is 26.3 Å². The second kappa shape index (κ2) is 6.54. The van der Waals surface area contributed by atoms with Crippen LogP contribution in [-0.4, -0.2) is 29.2 Å². The zero-order valence-electron chi connectivity index (χ0n) is 12.4. The lowest BCUT2D eigenvalue weighted by Crippen LogP contribution is -2.29. The van der Waals surface area contributed by atoms with Gasteiger partial charge < -0.3 is 4.74 Å². The van der Waals surface area contributed by atoms with Crippen LogP contribution in [0.5, 0.6) is 0 Å². The van der Waals surface area contributed by atoms with Crippen LogP contribution in [0.1, 0.15) is 27.2 Å². The summed E-state index contributed by atoms with van der Waals surface area (Å²) >= 11 is 0. The molecular weight excluding hydrogens is 244 g/mol. The summed E-state index contributed by atoms with van der Waals surface area (Å²) in [6.07, 6.45) is 0.989. The number of hydrogen-bond acceptors (Lipinski definition) is 2. The van der Waals surface area contributed by atoms with Crippen molar-refractivity contribution in [2.75, 3.05) is 0 Å². The molecule has 0 amide bonds. The number of carbonyl (C=O) groups is 1. The van der Waals surface area contributed by atoms with Crippen molar-refractivity contribution in [2.45, 2.75) is 64.1 Å². The smallest absolute Gasteiger partial charge is 0.333 e. The van der Waals surface area contributed by atoms with Crippen molar-refractivity contribution in [1.82, 2.24) is 0 Å². The van der Waals surface area contributed by atoms with Gasteiger partial charge in [-0.05, 0) is 27.2 Å². The Kier molecular flexibility index (Phi) is 6.41. The molecule has 4 heteroatoms. The Bertz CT molecular complexity index is 278. The zero-order chi connectivity index (χ0) is 13.7. The largest absolute Gasteiger partial charge is 0.456 e. The van der Waals surface area contributed by atoms with E-state index in [9.17, 15) is 4.79 Å². The Morgan fingerprint density at radius 3 is 2.29 bits per heavy atom. The standard InChI is InChI=1S/C13H28O2Si2/c1-11(2)12(14)15-13(3,4)8-9-16-10-17(5,6)7/h1,8-10,16H2,2-7H3. The van der Waals surface area contributed by atoms with Gasteiger partial charge >= 0.3 is 5.97 Å². The van der Waals surface area contributed by atoms with Gasteiger partial charge in [-0.3, -0.25) is 0 Å². The van der Waals surface area contributed by atoms with Crippen LogP contribution in [0.15, 0.2) is 12.2 Å². The van der Waals surface area contributed by atoms with E-state index in [1.165, 1.54) is 11.7 Å². The summed E-state index contributed by atoms with van der Waals surface area (Å²) in [5.41, 5.74) is 1.64. The zero-order valence-corrected chi connectivity index (χ0v) is 14.8. The highest BCUT2D eigenvalue weighted by Crippen LogP contribution is 2.19. The molecule has 0 bridgehead atoms. The Balaban J connectivity index is 3.94. The van der Waals surface area contributed by atoms with Crippen LogP contribution in [0.3, 0.4) is 0 Å². The molecule has 0 aliphatic rings. The fourth-order valence-corrected chi connectivity index (χ4v) is 7.94. The second-order valence-electron chi connectivity index (χ2n) is 6.70. The average Bonchev–Trinajstić information content (AvgIpc) is 2.10. The first kappa shape index (κ1) is 16.6. The van der Waals surface area contributed by atoms with Crippen molar-refractivity contribution in [3.63, 3.8) is 0 Å². The molecular formula is C13H28O2Si2. The quantitative estimate of drug-likeness (QED) is 0.308. The molecule has 0 fully saturated rings. The van der Waals surface area contributed by atoms with Crippen molar-refractivity contribution in [3.05, 3.63) is 12.2 Å². The van der Waals surface area contributed by atoms with Crippen molar-refractivity contribution in [3.8, 4) is 0 Å². The van der Waals surface area contributed by atoms with Crippen LogP contribution in [0.4, 0.5) is 0 Å². The van der Waals surface area contributed by atoms with Gasteiger partial charge in [-0.25, -0.2) is 4.79 Å². The third-order valence-corrected chi connectivity index (χ3v) is 10.9. The average molecular weight is 273 g/mol. The molecule has 0 N–H and O–H groups in total. The predicted octanol–water partition coefficient (Wildman–Crippen LogP) is 3.16. The van der Waals surface area contributed by atoms with Crippen LogP contribution < -0.4 is 0 Å². The summed E-state index contributed by atoms with van der Waals surface area (Å²) in [5.74, 6) is -0.262. The maximum atomic E-state index is 11.4. The van der Waals surface area contributed by atoms with Gasteiger partial charge in [-0.1, -0.05) is 37.9 Å². The van der Waals surface area contributed by atoms with Crippen molar-refractivity contribution >= 4 is 23.6 Å². The van der Waals surface area contributed by atoms with E-state index in [2.05, 4.69) is 26.2 Å². The molecule has 0 unspecified atom stereocenters. The van der Waals surface area contributed by atoms with Crippen LogP contribution in [0, 0.1) is 0 Å². The normalized spacial score (nSPS) is 13.1. The van der Waals surface area contributed by atoms with E-state index < -0.39 is 8.07 Å². The van der Waals surface area contributed by atoms with E-state index in [1.807, 2.05) is 13.8 Å². The highest BCUT2D eigenvalue weighted by Gasteiger charge is 2.23. The molecule has 0 aromatic carbocycles. The Morgan fingerprint density at radius 2 is 1.88 bits per heavy atom. The number of carbonyl (C=O) groups excluding carboxylic acids is 1. The van der Waals surface area contributed by atoms with Crippen LogP contribution in [0.25, 0.3) is 0 Å². The lowest BCUT2D eigenvalue weighted by Gasteiger charge is -2.25. The first-order valence-electron chi connectivity index (χ1n) is 6.42. The maximum Gasteiger partial charge on any atom is 0.333 e.